The molecule has 0 aliphatic rings. The lowest BCUT2D eigenvalue weighted by molar-refractivity contribution is -0.384. The summed E-state index contributed by atoms with van der Waals surface area (Å²) >= 11 is 0. The summed E-state index contributed by atoms with van der Waals surface area (Å²) < 4.78 is 5.40. The van der Waals surface area contributed by atoms with Gasteiger partial charge in [-0.2, -0.15) is 0 Å². The molecule has 0 radical (unpaired) electrons. The fourth-order valence-corrected chi connectivity index (χ4v) is 1.74. The van der Waals surface area contributed by atoms with E-state index in [1.807, 2.05) is 0 Å². The van der Waals surface area contributed by atoms with E-state index < -0.39 is 16.9 Å². The molecule has 1 heterocycles. The number of furan rings is 1. The third kappa shape index (κ3) is 3.68. The number of amides is 1. The molecule has 22 heavy (non-hydrogen) atoms. The summed E-state index contributed by atoms with van der Waals surface area (Å²) in [5, 5.41) is 22.4. The number of carbonyl (C=O) groups excluding carboxylic acids is 1. The van der Waals surface area contributed by atoms with Crippen LogP contribution in [0.1, 0.15) is 10.6 Å². The number of aliphatic hydroxyl groups excluding tert-OH is 1. The number of non-ortho nitro benzene ring substituents is 1. The Balaban J connectivity index is 2.07. The average molecular weight is 305 g/mol. The van der Waals surface area contributed by atoms with Gasteiger partial charge in [-0.3, -0.25) is 14.9 Å². The van der Waals surface area contributed by atoms with Crippen LogP contribution in [0.4, 0.5) is 5.69 Å². The van der Waals surface area contributed by atoms with Crippen LogP contribution in [0.2, 0.25) is 0 Å². The van der Waals surface area contributed by atoms with E-state index in [1.54, 1.807) is 6.07 Å². The Morgan fingerprint density at radius 3 is 2.59 bits per heavy atom. The number of nitro benzene ring substituents is 1. The van der Waals surface area contributed by atoms with E-state index >= 15 is 0 Å². The second-order valence-electron chi connectivity index (χ2n) is 4.57. The molecule has 8 nitrogen and oxygen atoms in total. The first-order valence-electron chi connectivity index (χ1n) is 6.52. The number of carbonyl (C=O) groups is 1. The van der Waals surface area contributed by atoms with Gasteiger partial charge < -0.3 is 20.6 Å². The lowest BCUT2D eigenvalue weighted by atomic mass is 10.1. The predicted octanol–water partition coefficient (Wildman–Crippen LogP) is 0.904. The maximum Gasteiger partial charge on any atom is 0.287 e. The Hall–Kier alpha value is -2.71. The number of hydrogen-bond donors (Lipinski definition) is 3. The Labute approximate surface area is 125 Å². The van der Waals surface area contributed by atoms with Gasteiger partial charge in [0.15, 0.2) is 5.76 Å². The summed E-state index contributed by atoms with van der Waals surface area (Å²) in [6.07, 6.45) is -0.812. The number of nitrogens with one attached hydrogen (secondary N) is 1. The highest BCUT2D eigenvalue weighted by molar-refractivity contribution is 5.92. The molecular formula is C14H15N3O5. The van der Waals surface area contributed by atoms with Gasteiger partial charge in [0.2, 0.25) is 0 Å². The van der Waals surface area contributed by atoms with Gasteiger partial charge in [-0.05, 0) is 24.3 Å². The molecule has 2 aromatic rings. The van der Waals surface area contributed by atoms with Crippen molar-refractivity contribution in [2.24, 2.45) is 5.73 Å². The SMILES string of the molecule is NC[C@@H](O)CNC(=O)c1ccc(-c2ccc([N+](=O)[O-])cc2)o1. The van der Waals surface area contributed by atoms with Crippen LogP contribution in [-0.2, 0) is 0 Å². The highest BCUT2D eigenvalue weighted by atomic mass is 16.6. The van der Waals surface area contributed by atoms with Crippen molar-refractivity contribution in [2.45, 2.75) is 6.10 Å². The molecule has 0 spiro atoms. The molecule has 0 aliphatic heterocycles. The van der Waals surface area contributed by atoms with Crippen molar-refractivity contribution in [1.82, 2.24) is 5.32 Å². The zero-order valence-corrected chi connectivity index (χ0v) is 11.6. The molecule has 1 atom stereocenters. The summed E-state index contributed by atoms with van der Waals surface area (Å²) in [5.41, 5.74) is 5.83. The summed E-state index contributed by atoms with van der Waals surface area (Å²) in [7, 11) is 0. The van der Waals surface area contributed by atoms with Crippen molar-refractivity contribution in [3.05, 3.63) is 52.3 Å². The zero-order valence-electron chi connectivity index (χ0n) is 11.6. The zero-order chi connectivity index (χ0) is 16.1. The van der Waals surface area contributed by atoms with Gasteiger partial charge in [0.1, 0.15) is 5.76 Å². The van der Waals surface area contributed by atoms with Crippen molar-refractivity contribution in [3.8, 4) is 11.3 Å². The highest BCUT2D eigenvalue weighted by Gasteiger charge is 2.14. The molecule has 0 saturated carbocycles. The quantitative estimate of drug-likeness (QED) is 0.536. The monoisotopic (exact) mass is 305 g/mol. The Kier molecular flexibility index (Phi) is 4.87. The van der Waals surface area contributed by atoms with Crippen LogP contribution in [0.3, 0.4) is 0 Å². The molecule has 0 fully saturated rings. The molecule has 4 N–H and O–H groups in total. The van der Waals surface area contributed by atoms with Crippen molar-refractivity contribution >= 4 is 11.6 Å². The average Bonchev–Trinajstić information content (AvgIpc) is 3.02. The second kappa shape index (κ2) is 6.83. The van der Waals surface area contributed by atoms with E-state index in [0.29, 0.717) is 11.3 Å². The molecule has 2 rings (SSSR count). The van der Waals surface area contributed by atoms with Crippen molar-refractivity contribution in [1.29, 1.82) is 0 Å². The fourth-order valence-electron chi connectivity index (χ4n) is 1.74. The Bertz CT molecular complexity index is 665. The van der Waals surface area contributed by atoms with Crippen LogP contribution < -0.4 is 11.1 Å². The molecular weight excluding hydrogens is 290 g/mol. The van der Waals surface area contributed by atoms with Crippen molar-refractivity contribution in [3.63, 3.8) is 0 Å². The van der Waals surface area contributed by atoms with Gasteiger partial charge in [0.05, 0.1) is 11.0 Å². The highest BCUT2D eigenvalue weighted by Crippen LogP contribution is 2.24. The van der Waals surface area contributed by atoms with E-state index in [-0.39, 0.29) is 24.5 Å². The Morgan fingerprint density at radius 1 is 1.32 bits per heavy atom. The molecule has 1 amide bonds. The fraction of sp³-hybridized carbons (Fsp3) is 0.214. The normalized spacial score (nSPS) is 11.9. The molecule has 0 unspecified atom stereocenters. The van der Waals surface area contributed by atoms with E-state index in [2.05, 4.69) is 5.32 Å². The van der Waals surface area contributed by atoms with Crippen molar-refractivity contribution in [2.75, 3.05) is 13.1 Å². The minimum absolute atomic E-state index is 0.0240. The first kappa shape index (κ1) is 15.7. The molecule has 116 valence electrons. The number of hydrogen-bond acceptors (Lipinski definition) is 6. The lowest BCUT2D eigenvalue weighted by Crippen LogP contribution is -2.35. The summed E-state index contributed by atoms with van der Waals surface area (Å²) in [6, 6.07) is 8.87. The van der Waals surface area contributed by atoms with Gasteiger partial charge in [0, 0.05) is 30.8 Å². The molecule has 1 aromatic heterocycles. The third-order valence-corrected chi connectivity index (χ3v) is 2.96. The number of aliphatic hydroxyl groups is 1. The number of nitrogens with zero attached hydrogens (tertiary/aromatic N) is 1. The second-order valence-corrected chi connectivity index (χ2v) is 4.57. The van der Waals surface area contributed by atoms with Gasteiger partial charge in [0.25, 0.3) is 11.6 Å². The van der Waals surface area contributed by atoms with Crippen LogP contribution in [0.25, 0.3) is 11.3 Å². The summed E-state index contributed by atoms with van der Waals surface area (Å²) in [4.78, 5) is 21.9. The van der Waals surface area contributed by atoms with Crippen LogP contribution in [-0.4, -0.2) is 35.1 Å². The van der Waals surface area contributed by atoms with Gasteiger partial charge in [-0.25, -0.2) is 0 Å². The van der Waals surface area contributed by atoms with E-state index in [0.717, 1.165) is 0 Å². The maximum absolute atomic E-state index is 11.8. The minimum Gasteiger partial charge on any atom is -0.451 e. The van der Waals surface area contributed by atoms with E-state index in [1.165, 1.54) is 30.3 Å². The van der Waals surface area contributed by atoms with E-state index in [9.17, 15) is 20.0 Å². The van der Waals surface area contributed by atoms with Crippen molar-refractivity contribution < 1.29 is 19.2 Å². The first-order chi connectivity index (χ1) is 10.5. The standard InChI is InChI=1S/C14H15N3O5/c15-7-11(18)8-16-14(19)13-6-5-12(22-13)9-1-3-10(4-2-9)17(20)21/h1-6,11,18H,7-8,15H2,(H,16,19)/t11-/m1/s1. The largest absolute Gasteiger partial charge is 0.451 e. The van der Waals surface area contributed by atoms with Gasteiger partial charge >= 0.3 is 0 Å². The molecule has 1 aromatic carbocycles. The van der Waals surface area contributed by atoms with Crippen LogP contribution in [0, 0.1) is 10.1 Å². The topological polar surface area (TPSA) is 132 Å². The Morgan fingerprint density at radius 2 is 2.00 bits per heavy atom. The summed E-state index contributed by atoms with van der Waals surface area (Å²) in [5.74, 6) is 0.0256. The van der Waals surface area contributed by atoms with Gasteiger partial charge in [-0.1, -0.05) is 0 Å². The minimum atomic E-state index is -0.812. The van der Waals surface area contributed by atoms with Crippen LogP contribution in [0.5, 0.6) is 0 Å². The first-order valence-corrected chi connectivity index (χ1v) is 6.52. The third-order valence-electron chi connectivity index (χ3n) is 2.96. The molecule has 0 saturated heterocycles. The molecule has 0 bridgehead atoms. The predicted molar refractivity (Wildman–Crippen MR) is 78.2 cm³/mol. The van der Waals surface area contributed by atoms with Crippen LogP contribution in [0.15, 0.2) is 40.8 Å². The van der Waals surface area contributed by atoms with E-state index in [4.69, 9.17) is 10.2 Å². The number of rotatable bonds is 6. The smallest absolute Gasteiger partial charge is 0.287 e. The van der Waals surface area contributed by atoms with Crippen LogP contribution >= 0.6 is 0 Å². The maximum atomic E-state index is 11.8. The number of nitrogens with two attached hydrogens (primary N) is 1. The molecule has 8 heteroatoms. The van der Waals surface area contributed by atoms with Gasteiger partial charge in [-0.15, -0.1) is 0 Å². The summed E-state index contributed by atoms with van der Waals surface area (Å²) in [6.45, 7) is 0.0787. The molecule has 0 aliphatic carbocycles. The lowest BCUT2D eigenvalue weighted by Gasteiger charge is -2.07. The number of benzene rings is 1. The number of nitro groups is 1.